The van der Waals surface area contributed by atoms with Crippen LogP contribution < -0.4 is 5.32 Å². The number of carbonyl (C=O) groups is 1. The standard InChI is InChI=1S/C14H11Cl2NO2/c15-10-3-1-2-9(6-10)8-17-13-7-11(16)4-5-12(13)14(18)19/h1-7,17H,8H2,(H,18,19). The van der Waals surface area contributed by atoms with Crippen molar-refractivity contribution in [2.24, 2.45) is 0 Å². The monoisotopic (exact) mass is 295 g/mol. The summed E-state index contributed by atoms with van der Waals surface area (Å²) in [6, 6.07) is 12.0. The van der Waals surface area contributed by atoms with Crippen molar-refractivity contribution in [2.45, 2.75) is 6.54 Å². The van der Waals surface area contributed by atoms with Gasteiger partial charge in [-0.05, 0) is 35.9 Å². The highest BCUT2D eigenvalue weighted by Gasteiger charge is 2.10. The normalized spacial score (nSPS) is 10.2. The van der Waals surface area contributed by atoms with Gasteiger partial charge in [-0.25, -0.2) is 4.79 Å². The summed E-state index contributed by atoms with van der Waals surface area (Å²) in [5, 5.41) is 13.3. The number of hydrogen-bond acceptors (Lipinski definition) is 2. The van der Waals surface area contributed by atoms with E-state index in [0.717, 1.165) is 5.56 Å². The van der Waals surface area contributed by atoms with E-state index in [4.69, 9.17) is 28.3 Å². The molecular weight excluding hydrogens is 285 g/mol. The maximum absolute atomic E-state index is 11.1. The Hall–Kier alpha value is -1.71. The Labute approximate surface area is 120 Å². The lowest BCUT2D eigenvalue weighted by atomic mass is 10.1. The molecule has 0 bridgehead atoms. The molecule has 0 saturated carbocycles. The van der Waals surface area contributed by atoms with Crippen molar-refractivity contribution in [1.82, 2.24) is 0 Å². The molecule has 3 nitrogen and oxygen atoms in total. The first-order chi connectivity index (χ1) is 9.06. The summed E-state index contributed by atoms with van der Waals surface area (Å²) < 4.78 is 0. The highest BCUT2D eigenvalue weighted by Crippen LogP contribution is 2.22. The van der Waals surface area contributed by atoms with Gasteiger partial charge in [-0.2, -0.15) is 0 Å². The third kappa shape index (κ3) is 3.63. The maximum atomic E-state index is 11.1. The van der Waals surface area contributed by atoms with E-state index in [-0.39, 0.29) is 5.56 Å². The van der Waals surface area contributed by atoms with E-state index in [1.807, 2.05) is 18.2 Å². The summed E-state index contributed by atoms with van der Waals surface area (Å²) in [5.74, 6) is -0.995. The average Bonchev–Trinajstić information content (AvgIpc) is 2.36. The van der Waals surface area contributed by atoms with Crippen molar-refractivity contribution in [3.05, 3.63) is 63.6 Å². The van der Waals surface area contributed by atoms with Gasteiger partial charge >= 0.3 is 5.97 Å². The van der Waals surface area contributed by atoms with Crippen molar-refractivity contribution in [2.75, 3.05) is 5.32 Å². The zero-order chi connectivity index (χ0) is 13.8. The van der Waals surface area contributed by atoms with Crippen molar-refractivity contribution in [3.8, 4) is 0 Å². The lowest BCUT2D eigenvalue weighted by Gasteiger charge is -2.10. The SMILES string of the molecule is O=C(O)c1ccc(Cl)cc1NCc1cccc(Cl)c1. The molecule has 0 saturated heterocycles. The fourth-order valence-corrected chi connectivity index (χ4v) is 2.08. The molecule has 98 valence electrons. The lowest BCUT2D eigenvalue weighted by molar-refractivity contribution is 0.0698. The van der Waals surface area contributed by atoms with Gasteiger partial charge in [0, 0.05) is 16.6 Å². The van der Waals surface area contributed by atoms with E-state index < -0.39 is 5.97 Å². The molecule has 0 fully saturated rings. The fourth-order valence-electron chi connectivity index (χ4n) is 1.69. The Morgan fingerprint density at radius 1 is 1.11 bits per heavy atom. The molecule has 5 heteroatoms. The van der Waals surface area contributed by atoms with Gasteiger partial charge in [0.15, 0.2) is 0 Å². The summed E-state index contributed by atoms with van der Waals surface area (Å²) in [7, 11) is 0. The molecule has 0 aliphatic carbocycles. The van der Waals surface area contributed by atoms with Crippen LogP contribution in [0.4, 0.5) is 5.69 Å². The maximum Gasteiger partial charge on any atom is 0.337 e. The zero-order valence-electron chi connectivity index (χ0n) is 9.86. The molecule has 2 N–H and O–H groups in total. The van der Waals surface area contributed by atoms with Crippen LogP contribution in [0.3, 0.4) is 0 Å². The summed E-state index contributed by atoms with van der Waals surface area (Å²) in [4.78, 5) is 11.1. The number of rotatable bonds is 4. The number of carboxylic acid groups (broad SMARTS) is 1. The first kappa shape index (κ1) is 13.7. The summed E-state index contributed by atoms with van der Waals surface area (Å²) in [6.45, 7) is 0.473. The summed E-state index contributed by atoms with van der Waals surface area (Å²) in [5.41, 5.74) is 1.63. The van der Waals surface area contributed by atoms with Crippen LogP contribution in [0.25, 0.3) is 0 Å². The number of anilines is 1. The molecule has 0 atom stereocenters. The van der Waals surface area contributed by atoms with Gasteiger partial charge in [0.25, 0.3) is 0 Å². The third-order valence-electron chi connectivity index (χ3n) is 2.58. The molecule has 0 unspecified atom stereocenters. The number of benzene rings is 2. The number of hydrogen-bond donors (Lipinski definition) is 2. The fraction of sp³-hybridized carbons (Fsp3) is 0.0714. The number of nitrogens with one attached hydrogen (secondary N) is 1. The van der Waals surface area contributed by atoms with Gasteiger partial charge < -0.3 is 10.4 Å². The molecule has 0 heterocycles. The molecule has 0 aliphatic heterocycles. The number of aromatic carboxylic acids is 1. The van der Waals surface area contributed by atoms with E-state index in [1.54, 1.807) is 18.2 Å². The van der Waals surface area contributed by atoms with Crippen molar-refractivity contribution in [3.63, 3.8) is 0 Å². The molecule has 19 heavy (non-hydrogen) atoms. The third-order valence-corrected chi connectivity index (χ3v) is 3.05. The second-order valence-corrected chi connectivity index (χ2v) is 4.85. The Bertz CT molecular complexity index is 614. The van der Waals surface area contributed by atoms with E-state index in [2.05, 4.69) is 5.32 Å². The number of halogens is 2. The minimum atomic E-state index is -0.995. The molecule has 2 aromatic carbocycles. The Kier molecular flexibility index (Phi) is 4.30. The van der Waals surface area contributed by atoms with Gasteiger partial charge in [0.05, 0.1) is 11.3 Å². The lowest BCUT2D eigenvalue weighted by Crippen LogP contribution is -2.06. The van der Waals surface area contributed by atoms with Crippen LogP contribution in [-0.4, -0.2) is 11.1 Å². The summed E-state index contributed by atoms with van der Waals surface area (Å²) >= 11 is 11.8. The topological polar surface area (TPSA) is 49.3 Å². The van der Waals surface area contributed by atoms with E-state index >= 15 is 0 Å². The number of carboxylic acids is 1. The average molecular weight is 296 g/mol. The molecule has 0 amide bonds. The van der Waals surface area contributed by atoms with E-state index in [1.165, 1.54) is 6.07 Å². The van der Waals surface area contributed by atoms with Gasteiger partial charge in [-0.1, -0.05) is 35.3 Å². The minimum absolute atomic E-state index is 0.187. The quantitative estimate of drug-likeness (QED) is 0.884. The van der Waals surface area contributed by atoms with Crippen molar-refractivity contribution in [1.29, 1.82) is 0 Å². The van der Waals surface area contributed by atoms with Crippen molar-refractivity contribution >= 4 is 34.9 Å². The Morgan fingerprint density at radius 2 is 1.84 bits per heavy atom. The van der Waals surface area contributed by atoms with Gasteiger partial charge in [0.2, 0.25) is 0 Å². The largest absolute Gasteiger partial charge is 0.478 e. The molecule has 0 spiro atoms. The molecule has 0 radical (unpaired) electrons. The predicted octanol–water partition coefficient (Wildman–Crippen LogP) is 4.30. The highest BCUT2D eigenvalue weighted by molar-refractivity contribution is 6.31. The zero-order valence-corrected chi connectivity index (χ0v) is 11.4. The molecule has 0 aromatic heterocycles. The highest BCUT2D eigenvalue weighted by atomic mass is 35.5. The van der Waals surface area contributed by atoms with E-state index in [0.29, 0.717) is 22.3 Å². The molecular formula is C14H11Cl2NO2. The van der Waals surface area contributed by atoms with Crippen LogP contribution >= 0.6 is 23.2 Å². The van der Waals surface area contributed by atoms with E-state index in [9.17, 15) is 4.79 Å². The first-order valence-electron chi connectivity index (χ1n) is 5.57. The van der Waals surface area contributed by atoms with Gasteiger partial charge in [0.1, 0.15) is 0 Å². The van der Waals surface area contributed by atoms with Crippen LogP contribution in [0, 0.1) is 0 Å². The van der Waals surface area contributed by atoms with Crippen LogP contribution in [0.15, 0.2) is 42.5 Å². The van der Waals surface area contributed by atoms with Crippen LogP contribution in [0.2, 0.25) is 10.0 Å². The van der Waals surface area contributed by atoms with Crippen LogP contribution in [-0.2, 0) is 6.54 Å². The van der Waals surface area contributed by atoms with Gasteiger partial charge in [-0.15, -0.1) is 0 Å². The smallest absolute Gasteiger partial charge is 0.337 e. The summed E-state index contributed by atoms with van der Waals surface area (Å²) in [6.07, 6.45) is 0. The Balaban J connectivity index is 2.19. The molecule has 0 aliphatic rings. The molecule has 2 rings (SSSR count). The first-order valence-corrected chi connectivity index (χ1v) is 6.33. The Morgan fingerprint density at radius 3 is 2.53 bits per heavy atom. The second kappa shape index (κ2) is 5.95. The predicted molar refractivity (Wildman–Crippen MR) is 77.2 cm³/mol. The minimum Gasteiger partial charge on any atom is -0.478 e. The molecule has 2 aromatic rings. The van der Waals surface area contributed by atoms with Crippen LogP contribution in [0.1, 0.15) is 15.9 Å². The van der Waals surface area contributed by atoms with Crippen LogP contribution in [0.5, 0.6) is 0 Å². The van der Waals surface area contributed by atoms with Gasteiger partial charge in [-0.3, -0.25) is 0 Å². The van der Waals surface area contributed by atoms with Crippen molar-refractivity contribution < 1.29 is 9.90 Å². The second-order valence-electron chi connectivity index (χ2n) is 3.98.